The maximum Gasteiger partial charge on any atom is 0.260 e. The average molecular weight is 388 g/mol. The lowest BCUT2D eigenvalue weighted by Gasteiger charge is -2.27. The molecular formula is C20H22ClN3O3. The van der Waals surface area contributed by atoms with E-state index in [1.807, 2.05) is 47.4 Å². The number of hydrogen-bond acceptors (Lipinski definition) is 5. The average Bonchev–Trinajstić information content (AvgIpc) is 3.22. The van der Waals surface area contributed by atoms with E-state index in [1.165, 1.54) is 0 Å². The predicted octanol–water partition coefficient (Wildman–Crippen LogP) is 2.07. The molecule has 2 aliphatic heterocycles. The number of carbonyl (C=O) groups is 1. The number of halogens is 1. The second kappa shape index (κ2) is 7.37. The van der Waals surface area contributed by atoms with E-state index in [1.54, 1.807) is 6.20 Å². The highest BCUT2D eigenvalue weighted by Crippen LogP contribution is 2.43. The molecule has 1 amide bonds. The van der Waals surface area contributed by atoms with Gasteiger partial charge in [0.05, 0.1) is 11.6 Å². The van der Waals surface area contributed by atoms with Gasteiger partial charge in [-0.15, -0.1) is 0 Å². The molecule has 6 nitrogen and oxygen atoms in total. The van der Waals surface area contributed by atoms with Crippen molar-refractivity contribution in [2.75, 3.05) is 44.3 Å². The van der Waals surface area contributed by atoms with Gasteiger partial charge in [0.2, 0.25) is 0 Å². The van der Waals surface area contributed by atoms with Crippen LogP contribution < -0.4 is 9.64 Å². The highest BCUT2D eigenvalue weighted by molar-refractivity contribution is 6.30. The first-order valence-electron chi connectivity index (χ1n) is 9.03. The van der Waals surface area contributed by atoms with Crippen LogP contribution in [-0.4, -0.2) is 60.3 Å². The Morgan fingerprint density at radius 2 is 2.04 bits per heavy atom. The molecule has 27 heavy (non-hydrogen) atoms. The number of ether oxygens (including phenoxy) is 1. The number of rotatable bonds is 5. The normalized spacial score (nSPS) is 24.1. The van der Waals surface area contributed by atoms with Crippen molar-refractivity contribution in [1.82, 2.24) is 9.88 Å². The summed E-state index contributed by atoms with van der Waals surface area (Å²) in [5.74, 6) is 1.70. The van der Waals surface area contributed by atoms with Crippen molar-refractivity contribution >= 4 is 23.3 Å². The molecule has 2 unspecified atom stereocenters. The Morgan fingerprint density at radius 3 is 2.70 bits per heavy atom. The van der Waals surface area contributed by atoms with Gasteiger partial charge >= 0.3 is 0 Å². The maximum atomic E-state index is 12.6. The molecule has 4 rings (SSSR count). The summed E-state index contributed by atoms with van der Waals surface area (Å²) in [5, 5.41) is 10.7. The van der Waals surface area contributed by atoms with Crippen molar-refractivity contribution in [1.29, 1.82) is 0 Å². The number of fused-ring (bicyclic) bond motifs is 1. The van der Waals surface area contributed by atoms with Crippen LogP contribution in [0.25, 0.3) is 0 Å². The first-order valence-corrected chi connectivity index (χ1v) is 9.40. The topological polar surface area (TPSA) is 65.9 Å². The smallest absolute Gasteiger partial charge is 0.260 e. The quantitative estimate of drug-likeness (QED) is 0.850. The molecule has 2 fully saturated rings. The number of aliphatic hydroxyl groups excluding tert-OH is 1. The summed E-state index contributed by atoms with van der Waals surface area (Å²) >= 11 is 5.92. The number of para-hydroxylation sites is 1. The number of aliphatic hydroxyl groups is 1. The SMILES string of the molecule is O=C(COc1ccccc1)N1CC2CN(c3ccc(Cl)cn3)CC2(CO)C1. The minimum atomic E-state index is -0.316. The largest absolute Gasteiger partial charge is 0.484 e. The van der Waals surface area contributed by atoms with Crippen LogP contribution in [0.1, 0.15) is 0 Å². The fraction of sp³-hybridized carbons (Fsp3) is 0.400. The number of hydrogen-bond donors (Lipinski definition) is 1. The Morgan fingerprint density at radius 1 is 1.22 bits per heavy atom. The van der Waals surface area contributed by atoms with Crippen LogP contribution in [0.2, 0.25) is 5.02 Å². The summed E-state index contributed by atoms with van der Waals surface area (Å²) in [4.78, 5) is 20.9. The minimum Gasteiger partial charge on any atom is -0.484 e. The number of likely N-dealkylation sites (tertiary alicyclic amines) is 1. The van der Waals surface area contributed by atoms with Crippen molar-refractivity contribution < 1.29 is 14.6 Å². The molecule has 1 N–H and O–H groups in total. The van der Waals surface area contributed by atoms with E-state index >= 15 is 0 Å². The molecule has 0 radical (unpaired) electrons. The van der Waals surface area contributed by atoms with E-state index in [-0.39, 0.29) is 30.5 Å². The zero-order chi connectivity index (χ0) is 18.9. The molecule has 2 atom stereocenters. The van der Waals surface area contributed by atoms with Crippen LogP contribution in [0, 0.1) is 11.3 Å². The molecule has 1 aromatic carbocycles. The number of amides is 1. The molecule has 1 aromatic heterocycles. The Labute approximate surface area is 163 Å². The third kappa shape index (κ3) is 3.59. The van der Waals surface area contributed by atoms with Gasteiger partial charge in [-0.25, -0.2) is 4.98 Å². The summed E-state index contributed by atoms with van der Waals surface area (Å²) in [6.07, 6.45) is 1.63. The number of carbonyl (C=O) groups excluding carboxylic acids is 1. The molecule has 2 saturated heterocycles. The van der Waals surface area contributed by atoms with Gasteiger partial charge in [-0.05, 0) is 24.3 Å². The summed E-state index contributed by atoms with van der Waals surface area (Å²) in [5.41, 5.74) is -0.316. The zero-order valence-electron chi connectivity index (χ0n) is 14.9. The maximum absolute atomic E-state index is 12.6. The molecule has 7 heteroatoms. The fourth-order valence-electron chi connectivity index (χ4n) is 4.08. The van der Waals surface area contributed by atoms with Crippen LogP contribution in [-0.2, 0) is 4.79 Å². The number of pyridine rings is 1. The van der Waals surface area contributed by atoms with E-state index < -0.39 is 0 Å². The Bertz CT molecular complexity index is 802. The first-order chi connectivity index (χ1) is 13.1. The number of nitrogens with zero attached hydrogens (tertiary/aromatic N) is 3. The number of benzene rings is 1. The lowest BCUT2D eigenvalue weighted by atomic mass is 9.82. The highest BCUT2D eigenvalue weighted by atomic mass is 35.5. The van der Waals surface area contributed by atoms with Gasteiger partial charge < -0.3 is 19.6 Å². The van der Waals surface area contributed by atoms with Gasteiger partial charge in [-0.1, -0.05) is 29.8 Å². The standard InChI is InChI=1S/C20H22ClN3O3/c21-16-6-7-18(22-8-16)23-9-15-10-24(13-20(15,12-23)14-25)19(26)11-27-17-4-2-1-3-5-17/h1-8,15,25H,9-14H2. The predicted molar refractivity (Wildman–Crippen MR) is 103 cm³/mol. The second-order valence-electron chi connectivity index (χ2n) is 7.31. The molecule has 0 bridgehead atoms. The monoisotopic (exact) mass is 387 g/mol. The molecule has 0 spiro atoms. The van der Waals surface area contributed by atoms with Crippen LogP contribution in [0.4, 0.5) is 5.82 Å². The molecule has 0 aliphatic carbocycles. The van der Waals surface area contributed by atoms with E-state index in [2.05, 4.69) is 9.88 Å². The Balaban J connectivity index is 1.39. The van der Waals surface area contributed by atoms with Crippen LogP contribution >= 0.6 is 11.6 Å². The van der Waals surface area contributed by atoms with Crippen molar-refractivity contribution in [2.45, 2.75) is 0 Å². The minimum absolute atomic E-state index is 0.0146. The van der Waals surface area contributed by atoms with Gasteiger partial charge in [0, 0.05) is 43.7 Å². The van der Waals surface area contributed by atoms with Gasteiger partial charge in [0.25, 0.3) is 5.91 Å². The summed E-state index contributed by atoms with van der Waals surface area (Å²) < 4.78 is 5.58. The van der Waals surface area contributed by atoms with Crippen LogP contribution in [0.15, 0.2) is 48.7 Å². The molecule has 2 aromatic rings. The van der Waals surface area contributed by atoms with Crippen molar-refractivity contribution in [3.05, 3.63) is 53.7 Å². The van der Waals surface area contributed by atoms with E-state index in [0.717, 1.165) is 12.4 Å². The number of anilines is 1. The lowest BCUT2D eigenvalue weighted by Crippen LogP contribution is -2.40. The molecule has 2 aliphatic rings. The fourth-order valence-corrected chi connectivity index (χ4v) is 4.19. The van der Waals surface area contributed by atoms with Gasteiger partial charge in [0.15, 0.2) is 6.61 Å². The van der Waals surface area contributed by atoms with Crippen molar-refractivity contribution in [3.8, 4) is 5.75 Å². The molecule has 3 heterocycles. The third-order valence-electron chi connectivity index (χ3n) is 5.57. The molecule has 142 valence electrons. The van der Waals surface area contributed by atoms with Gasteiger partial charge in [-0.3, -0.25) is 4.79 Å². The van der Waals surface area contributed by atoms with E-state index in [4.69, 9.17) is 16.3 Å². The van der Waals surface area contributed by atoms with E-state index in [0.29, 0.717) is 30.4 Å². The van der Waals surface area contributed by atoms with Crippen molar-refractivity contribution in [2.24, 2.45) is 11.3 Å². The summed E-state index contributed by atoms with van der Waals surface area (Å²) in [7, 11) is 0. The van der Waals surface area contributed by atoms with E-state index in [9.17, 15) is 9.90 Å². The van der Waals surface area contributed by atoms with Crippen LogP contribution in [0.5, 0.6) is 5.75 Å². The zero-order valence-corrected chi connectivity index (χ0v) is 15.7. The first kappa shape index (κ1) is 18.1. The van der Waals surface area contributed by atoms with Crippen LogP contribution in [0.3, 0.4) is 0 Å². The third-order valence-corrected chi connectivity index (χ3v) is 5.79. The van der Waals surface area contributed by atoms with Crippen molar-refractivity contribution in [3.63, 3.8) is 0 Å². The molecular weight excluding hydrogens is 366 g/mol. The van der Waals surface area contributed by atoms with Gasteiger partial charge in [-0.2, -0.15) is 0 Å². The highest BCUT2D eigenvalue weighted by Gasteiger charge is 2.53. The Hall–Kier alpha value is -2.31. The summed E-state index contributed by atoms with van der Waals surface area (Å²) in [6.45, 7) is 2.66. The Kier molecular flexibility index (Phi) is 4.93. The lowest BCUT2D eigenvalue weighted by molar-refractivity contribution is -0.132. The molecule has 0 saturated carbocycles. The summed E-state index contributed by atoms with van der Waals surface area (Å²) in [6, 6.07) is 13.0. The second-order valence-corrected chi connectivity index (χ2v) is 7.74. The van der Waals surface area contributed by atoms with Gasteiger partial charge in [0.1, 0.15) is 11.6 Å². The number of aromatic nitrogens is 1.